The Morgan fingerprint density at radius 2 is 2.24 bits per heavy atom. The number of carbonyl (C=O) groups excluding carboxylic acids is 1. The van der Waals surface area contributed by atoms with Crippen molar-refractivity contribution in [3.05, 3.63) is 34.9 Å². The van der Waals surface area contributed by atoms with Gasteiger partial charge in [0.25, 0.3) is 0 Å². The van der Waals surface area contributed by atoms with Crippen LogP contribution in [-0.2, 0) is 6.42 Å². The van der Waals surface area contributed by atoms with E-state index < -0.39 is 0 Å². The van der Waals surface area contributed by atoms with E-state index in [0.29, 0.717) is 6.54 Å². The van der Waals surface area contributed by atoms with Crippen molar-refractivity contribution >= 4 is 6.03 Å². The van der Waals surface area contributed by atoms with Gasteiger partial charge in [0.2, 0.25) is 0 Å². The molecule has 0 bridgehead atoms. The highest BCUT2D eigenvalue weighted by Gasteiger charge is 2.22. The van der Waals surface area contributed by atoms with E-state index in [1.165, 1.54) is 16.7 Å². The zero-order valence-corrected chi connectivity index (χ0v) is 13.2. The first-order valence-corrected chi connectivity index (χ1v) is 7.75. The van der Waals surface area contributed by atoms with Gasteiger partial charge < -0.3 is 15.3 Å². The lowest BCUT2D eigenvalue weighted by atomic mass is 10.00. The first-order chi connectivity index (χ1) is 9.95. The quantitative estimate of drug-likeness (QED) is 0.898. The number of hydrogen-bond donors (Lipinski definition) is 2. The number of aliphatic hydroxyl groups excluding tert-OH is 1. The molecule has 0 spiro atoms. The van der Waals surface area contributed by atoms with Crippen LogP contribution in [0.5, 0.6) is 0 Å². The number of benzene rings is 1. The van der Waals surface area contributed by atoms with E-state index in [1.807, 2.05) is 6.92 Å². The van der Waals surface area contributed by atoms with Gasteiger partial charge in [0.05, 0.1) is 6.10 Å². The minimum Gasteiger partial charge on any atom is -0.391 e. The van der Waals surface area contributed by atoms with Crippen molar-refractivity contribution in [2.75, 3.05) is 13.1 Å². The summed E-state index contributed by atoms with van der Waals surface area (Å²) in [6.07, 6.45) is 2.12. The maximum absolute atomic E-state index is 12.2. The molecule has 2 rings (SSSR count). The van der Waals surface area contributed by atoms with Crippen LogP contribution in [0.4, 0.5) is 4.79 Å². The third-order valence-corrected chi connectivity index (χ3v) is 4.08. The first kappa shape index (κ1) is 15.8. The van der Waals surface area contributed by atoms with Crippen LogP contribution in [0.3, 0.4) is 0 Å². The number of rotatable bonds is 3. The number of β-amino-alcohol motifs (C(OH)–C–C–N with tert-alkyl or cyclic N) is 1. The average Bonchev–Trinajstić information content (AvgIpc) is 2.42. The lowest BCUT2D eigenvalue weighted by molar-refractivity contribution is 0.0835. The molecular weight excluding hydrogens is 264 g/mol. The molecule has 2 unspecified atom stereocenters. The van der Waals surface area contributed by atoms with E-state index in [0.717, 1.165) is 25.8 Å². The van der Waals surface area contributed by atoms with Crippen molar-refractivity contribution in [3.63, 3.8) is 0 Å². The lowest BCUT2D eigenvalue weighted by Gasteiger charge is -2.31. The summed E-state index contributed by atoms with van der Waals surface area (Å²) in [6, 6.07) is 6.43. The summed E-state index contributed by atoms with van der Waals surface area (Å²) in [5, 5.41) is 12.7. The molecule has 1 heterocycles. The second-order valence-electron chi connectivity index (χ2n) is 6.23. The summed E-state index contributed by atoms with van der Waals surface area (Å²) in [4.78, 5) is 13.9. The minimum absolute atomic E-state index is 0.0639. The van der Waals surface area contributed by atoms with Gasteiger partial charge in [0.15, 0.2) is 0 Å². The molecule has 1 aliphatic rings. The summed E-state index contributed by atoms with van der Waals surface area (Å²) in [6.45, 7) is 7.40. The molecule has 1 saturated heterocycles. The molecule has 0 aliphatic carbocycles. The van der Waals surface area contributed by atoms with Crippen LogP contribution in [0.1, 0.15) is 36.5 Å². The fourth-order valence-corrected chi connectivity index (χ4v) is 2.90. The van der Waals surface area contributed by atoms with Gasteiger partial charge in [-0.3, -0.25) is 0 Å². The maximum Gasteiger partial charge on any atom is 0.317 e. The Morgan fingerprint density at radius 1 is 1.48 bits per heavy atom. The minimum atomic E-state index is -0.376. The molecule has 2 amide bonds. The van der Waals surface area contributed by atoms with Gasteiger partial charge in [-0.05, 0) is 51.2 Å². The fraction of sp³-hybridized carbons (Fsp3) is 0.588. The number of nitrogens with zero attached hydrogens (tertiary/aromatic N) is 1. The number of aliphatic hydroxyl groups is 1. The molecule has 1 aromatic rings. The highest BCUT2D eigenvalue weighted by Crippen LogP contribution is 2.14. The largest absolute Gasteiger partial charge is 0.391 e. The average molecular weight is 290 g/mol. The molecular formula is C17H26N2O2. The molecule has 4 nitrogen and oxygen atoms in total. The van der Waals surface area contributed by atoms with Crippen LogP contribution in [0.25, 0.3) is 0 Å². The summed E-state index contributed by atoms with van der Waals surface area (Å²) >= 11 is 0. The van der Waals surface area contributed by atoms with Gasteiger partial charge in [-0.2, -0.15) is 0 Å². The number of carbonyl (C=O) groups is 1. The monoisotopic (exact) mass is 290 g/mol. The predicted molar refractivity (Wildman–Crippen MR) is 84.4 cm³/mol. The van der Waals surface area contributed by atoms with Gasteiger partial charge >= 0.3 is 6.03 Å². The van der Waals surface area contributed by atoms with Crippen LogP contribution in [0.2, 0.25) is 0 Å². The zero-order valence-electron chi connectivity index (χ0n) is 13.2. The van der Waals surface area contributed by atoms with Crippen molar-refractivity contribution < 1.29 is 9.90 Å². The zero-order chi connectivity index (χ0) is 15.4. The first-order valence-electron chi connectivity index (χ1n) is 7.75. The summed E-state index contributed by atoms with van der Waals surface area (Å²) < 4.78 is 0. The molecule has 1 aliphatic heterocycles. The predicted octanol–water partition coefficient (Wildman–Crippen LogP) is 2.40. The maximum atomic E-state index is 12.2. The number of likely N-dealkylation sites (tertiary alicyclic amines) is 1. The SMILES string of the molecule is Cc1ccc(CC(C)NC(=O)N2CCCC(O)C2)c(C)c1. The van der Waals surface area contributed by atoms with Crippen LogP contribution in [-0.4, -0.2) is 41.3 Å². The third kappa shape index (κ3) is 4.46. The van der Waals surface area contributed by atoms with E-state index in [-0.39, 0.29) is 18.2 Å². The lowest BCUT2D eigenvalue weighted by Crippen LogP contribution is -2.49. The van der Waals surface area contributed by atoms with E-state index in [2.05, 4.69) is 37.4 Å². The van der Waals surface area contributed by atoms with Gasteiger partial charge in [-0.15, -0.1) is 0 Å². The number of nitrogens with one attached hydrogen (secondary N) is 1. The summed E-state index contributed by atoms with van der Waals surface area (Å²) in [7, 11) is 0. The Balaban J connectivity index is 1.88. The molecule has 2 N–H and O–H groups in total. The van der Waals surface area contributed by atoms with E-state index in [9.17, 15) is 9.90 Å². The van der Waals surface area contributed by atoms with Crippen LogP contribution in [0, 0.1) is 13.8 Å². The second-order valence-corrected chi connectivity index (χ2v) is 6.23. The standard InChI is InChI=1S/C17H26N2O2/c1-12-6-7-15(13(2)9-12)10-14(3)18-17(21)19-8-4-5-16(20)11-19/h6-7,9,14,16,20H,4-5,8,10-11H2,1-3H3,(H,18,21). The molecule has 4 heteroatoms. The van der Waals surface area contributed by atoms with Crippen molar-refractivity contribution in [1.29, 1.82) is 0 Å². The molecule has 2 atom stereocenters. The van der Waals surface area contributed by atoms with E-state index in [1.54, 1.807) is 4.90 Å². The van der Waals surface area contributed by atoms with Gasteiger partial charge in [-0.1, -0.05) is 23.8 Å². The van der Waals surface area contributed by atoms with Crippen molar-refractivity contribution in [2.24, 2.45) is 0 Å². The Kier molecular flexibility index (Phi) is 5.23. The van der Waals surface area contributed by atoms with Crippen LogP contribution >= 0.6 is 0 Å². The molecule has 0 radical (unpaired) electrons. The topological polar surface area (TPSA) is 52.6 Å². The smallest absolute Gasteiger partial charge is 0.317 e. The van der Waals surface area contributed by atoms with Crippen molar-refractivity contribution in [1.82, 2.24) is 10.2 Å². The van der Waals surface area contributed by atoms with Gasteiger partial charge in [-0.25, -0.2) is 4.79 Å². The van der Waals surface area contributed by atoms with E-state index >= 15 is 0 Å². The highest BCUT2D eigenvalue weighted by atomic mass is 16.3. The number of amides is 2. The molecule has 116 valence electrons. The second kappa shape index (κ2) is 6.94. The molecule has 1 fully saturated rings. The summed E-state index contributed by atoms with van der Waals surface area (Å²) in [5.41, 5.74) is 3.80. The Labute approximate surface area is 127 Å². The summed E-state index contributed by atoms with van der Waals surface area (Å²) in [5.74, 6) is 0. The molecule has 0 saturated carbocycles. The fourth-order valence-electron chi connectivity index (χ4n) is 2.90. The Bertz CT molecular complexity index is 502. The third-order valence-electron chi connectivity index (χ3n) is 4.08. The van der Waals surface area contributed by atoms with E-state index in [4.69, 9.17) is 0 Å². The Hall–Kier alpha value is -1.55. The van der Waals surface area contributed by atoms with Crippen molar-refractivity contribution in [3.8, 4) is 0 Å². The van der Waals surface area contributed by atoms with Crippen molar-refractivity contribution in [2.45, 2.75) is 52.2 Å². The van der Waals surface area contributed by atoms with Gasteiger partial charge in [0, 0.05) is 19.1 Å². The van der Waals surface area contributed by atoms with Crippen LogP contribution < -0.4 is 5.32 Å². The number of aryl methyl sites for hydroxylation is 2. The van der Waals surface area contributed by atoms with Crippen LogP contribution in [0.15, 0.2) is 18.2 Å². The molecule has 21 heavy (non-hydrogen) atoms. The Morgan fingerprint density at radius 3 is 2.90 bits per heavy atom. The molecule has 1 aromatic carbocycles. The molecule has 0 aromatic heterocycles. The number of piperidine rings is 1. The number of urea groups is 1. The van der Waals surface area contributed by atoms with Gasteiger partial charge in [0.1, 0.15) is 0 Å². The number of hydrogen-bond acceptors (Lipinski definition) is 2. The highest BCUT2D eigenvalue weighted by molar-refractivity contribution is 5.74. The normalized spacial score (nSPS) is 20.2.